The summed E-state index contributed by atoms with van der Waals surface area (Å²) < 4.78 is 4.80. The third-order valence-corrected chi connectivity index (χ3v) is 8.92. The first-order valence-corrected chi connectivity index (χ1v) is 17.4. The standard InChI is InChI=1S/C20H20ClN3O2.C19H18ClN3O2.CH4O/c1-12(2)24(3)19-18(13-5-8-15(21)9-6-13)22-16-10-7-14(20(25)26-4)11-17(16)23-19;1-11(2)23(3)18-17(12-4-7-14(20)8-5-12)21-15-9-6-13(19(24)25)10-16(15)22-18;1-2/h5-12H,1-4H3;4-11H,1-3H3,(H,24,25);2H,1H3. The molecule has 13 heteroatoms. The van der Waals surface area contributed by atoms with Crippen LogP contribution in [0.15, 0.2) is 84.9 Å². The van der Waals surface area contributed by atoms with Gasteiger partial charge in [-0.1, -0.05) is 47.5 Å². The number of carboxylic acids is 1. The van der Waals surface area contributed by atoms with Gasteiger partial charge in [-0.3, -0.25) is 0 Å². The second-order valence-electron chi connectivity index (χ2n) is 12.4. The number of nitrogens with zero attached hydrogens (tertiary/aromatic N) is 6. The smallest absolute Gasteiger partial charge is 0.337 e. The lowest BCUT2D eigenvalue weighted by Gasteiger charge is -2.25. The molecule has 0 bridgehead atoms. The number of rotatable bonds is 8. The summed E-state index contributed by atoms with van der Waals surface area (Å²) in [6, 6.07) is 25.4. The van der Waals surface area contributed by atoms with Crippen LogP contribution < -0.4 is 9.80 Å². The van der Waals surface area contributed by atoms with Crippen LogP contribution in [-0.4, -0.2) is 82.5 Å². The van der Waals surface area contributed by atoms with E-state index in [0.717, 1.165) is 35.4 Å². The summed E-state index contributed by atoms with van der Waals surface area (Å²) in [5.74, 6) is 0.0719. The summed E-state index contributed by atoms with van der Waals surface area (Å²) >= 11 is 12.0. The fraction of sp³-hybridized carbons (Fsp3) is 0.250. The topological polar surface area (TPSA) is 142 Å². The predicted octanol–water partition coefficient (Wildman–Crippen LogP) is 8.68. The number of carbonyl (C=O) groups excluding carboxylic acids is 1. The van der Waals surface area contributed by atoms with Crippen LogP contribution in [-0.2, 0) is 4.74 Å². The molecule has 4 aromatic carbocycles. The number of carboxylic acid groups (broad SMARTS) is 1. The van der Waals surface area contributed by atoms with Gasteiger partial charge >= 0.3 is 11.9 Å². The van der Waals surface area contributed by atoms with E-state index in [1.54, 1.807) is 30.3 Å². The first-order valence-electron chi connectivity index (χ1n) is 16.6. The summed E-state index contributed by atoms with van der Waals surface area (Å²) in [7, 11) is 6.28. The number of esters is 1. The number of anilines is 2. The van der Waals surface area contributed by atoms with Gasteiger partial charge in [-0.15, -0.1) is 0 Å². The fourth-order valence-electron chi connectivity index (χ4n) is 5.05. The zero-order chi connectivity index (χ0) is 39.0. The molecule has 6 aromatic rings. The van der Waals surface area contributed by atoms with E-state index in [1.165, 1.54) is 13.2 Å². The maximum Gasteiger partial charge on any atom is 0.337 e. The van der Waals surface area contributed by atoms with Crippen LogP contribution in [0.5, 0.6) is 0 Å². The van der Waals surface area contributed by atoms with E-state index in [-0.39, 0.29) is 17.6 Å². The molecule has 0 aliphatic rings. The molecule has 0 spiro atoms. The monoisotopic (exact) mass is 756 g/mol. The van der Waals surface area contributed by atoms with Crippen LogP contribution >= 0.6 is 23.2 Å². The third kappa shape index (κ3) is 9.55. The molecule has 11 nitrogen and oxygen atoms in total. The highest BCUT2D eigenvalue weighted by atomic mass is 35.5. The van der Waals surface area contributed by atoms with Crippen molar-refractivity contribution in [2.75, 3.05) is 38.1 Å². The number of hydrogen-bond donors (Lipinski definition) is 2. The number of hydrogen-bond acceptors (Lipinski definition) is 10. The van der Waals surface area contributed by atoms with Crippen molar-refractivity contribution >= 4 is 68.8 Å². The molecule has 0 saturated carbocycles. The Labute approximate surface area is 318 Å². The summed E-state index contributed by atoms with van der Waals surface area (Å²) in [4.78, 5) is 46.2. The molecular formula is C40H42Cl2N6O5. The molecule has 6 rings (SSSR count). The lowest BCUT2D eigenvalue weighted by atomic mass is 10.1. The van der Waals surface area contributed by atoms with Crippen molar-refractivity contribution in [1.29, 1.82) is 0 Å². The number of halogens is 2. The molecule has 0 saturated heterocycles. The normalized spacial score (nSPS) is 10.7. The molecule has 53 heavy (non-hydrogen) atoms. The van der Waals surface area contributed by atoms with Crippen LogP contribution in [0.2, 0.25) is 10.0 Å². The van der Waals surface area contributed by atoms with Gasteiger partial charge in [0, 0.05) is 54.5 Å². The van der Waals surface area contributed by atoms with E-state index in [1.807, 2.05) is 67.5 Å². The van der Waals surface area contributed by atoms with Gasteiger partial charge in [0.2, 0.25) is 0 Å². The number of aliphatic hydroxyl groups excluding tert-OH is 1. The van der Waals surface area contributed by atoms with Crippen molar-refractivity contribution in [2.45, 2.75) is 39.8 Å². The number of benzene rings is 4. The SMILES string of the molecule is CC(C)N(C)c1nc2cc(C(=O)O)ccc2nc1-c1ccc(Cl)cc1.CO.COC(=O)c1ccc2nc(-c3ccc(Cl)cc3)c(N(C)C(C)C)nc2c1. The largest absolute Gasteiger partial charge is 0.478 e. The first kappa shape index (κ1) is 40.4. The van der Waals surface area contributed by atoms with Crippen molar-refractivity contribution in [3.63, 3.8) is 0 Å². The number of fused-ring (bicyclic) bond motifs is 2. The Morgan fingerprint density at radius 2 is 0.981 bits per heavy atom. The average molecular weight is 758 g/mol. The third-order valence-electron chi connectivity index (χ3n) is 8.41. The van der Waals surface area contributed by atoms with Gasteiger partial charge in [0.15, 0.2) is 11.6 Å². The molecule has 2 heterocycles. The number of methoxy groups -OCH3 is 1. The Hall–Kier alpha value is -5.36. The second-order valence-corrected chi connectivity index (χ2v) is 13.3. The summed E-state index contributed by atoms with van der Waals surface area (Å²) in [6.07, 6.45) is 0. The van der Waals surface area contributed by atoms with Crippen molar-refractivity contribution in [3.05, 3.63) is 106 Å². The van der Waals surface area contributed by atoms with E-state index in [0.29, 0.717) is 43.5 Å². The summed E-state index contributed by atoms with van der Waals surface area (Å²) in [6.45, 7) is 8.29. The highest BCUT2D eigenvalue weighted by Crippen LogP contribution is 2.33. The predicted molar refractivity (Wildman–Crippen MR) is 213 cm³/mol. The molecule has 2 N–H and O–H groups in total. The van der Waals surface area contributed by atoms with Gasteiger partial charge in [-0.05, 0) is 88.4 Å². The molecule has 276 valence electrons. The molecule has 0 fully saturated rings. The number of aromatic carboxylic acids is 1. The molecule has 0 amide bonds. The molecule has 0 aliphatic heterocycles. The second kappa shape index (κ2) is 17.9. The highest BCUT2D eigenvalue weighted by molar-refractivity contribution is 6.31. The van der Waals surface area contributed by atoms with Crippen molar-refractivity contribution in [2.24, 2.45) is 0 Å². The maximum absolute atomic E-state index is 11.8. The minimum Gasteiger partial charge on any atom is -0.478 e. The van der Waals surface area contributed by atoms with Crippen molar-refractivity contribution < 1.29 is 24.5 Å². The quantitative estimate of drug-likeness (QED) is 0.144. The van der Waals surface area contributed by atoms with Crippen LogP contribution in [0.4, 0.5) is 11.6 Å². The van der Waals surface area contributed by atoms with Crippen LogP contribution in [0.3, 0.4) is 0 Å². The molecule has 0 atom stereocenters. The zero-order valence-electron chi connectivity index (χ0n) is 30.8. The number of ether oxygens (including phenoxy) is 1. The Kier molecular flexibility index (Phi) is 13.7. The molecule has 2 aromatic heterocycles. The Morgan fingerprint density at radius 1 is 0.604 bits per heavy atom. The van der Waals surface area contributed by atoms with E-state index < -0.39 is 11.9 Å². The number of aliphatic hydroxyl groups is 1. The van der Waals surface area contributed by atoms with Crippen LogP contribution in [0.1, 0.15) is 48.4 Å². The maximum atomic E-state index is 11.8. The lowest BCUT2D eigenvalue weighted by molar-refractivity contribution is 0.0600. The minimum atomic E-state index is -0.982. The highest BCUT2D eigenvalue weighted by Gasteiger charge is 2.19. The van der Waals surface area contributed by atoms with Crippen LogP contribution in [0, 0.1) is 0 Å². The molecular weight excluding hydrogens is 715 g/mol. The first-order chi connectivity index (χ1) is 25.3. The molecule has 0 aliphatic carbocycles. The summed E-state index contributed by atoms with van der Waals surface area (Å²) in [5, 5.41) is 17.5. The van der Waals surface area contributed by atoms with Gasteiger partial charge in [-0.25, -0.2) is 29.5 Å². The van der Waals surface area contributed by atoms with E-state index >= 15 is 0 Å². The lowest BCUT2D eigenvalue weighted by Crippen LogP contribution is -2.27. The van der Waals surface area contributed by atoms with Gasteiger partial charge in [0.05, 0.1) is 40.3 Å². The van der Waals surface area contributed by atoms with E-state index in [2.05, 4.69) is 32.6 Å². The Bertz CT molecular complexity index is 2210. The van der Waals surface area contributed by atoms with E-state index in [4.69, 9.17) is 53.0 Å². The summed E-state index contributed by atoms with van der Waals surface area (Å²) in [5.41, 5.74) is 6.56. The number of carbonyl (C=O) groups is 2. The van der Waals surface area contributed by atoms with Gasteiger partial charge in [-0.2, -0.15) is 0 Å². The Morgan fingerprint density at radius 3 is 1.34 bits per heavy atom. The Balaban J connectivity index is 0.000000226. The number of aromatic nitrogens is 4. The zero-order valence-corrected chi connectivity index (χ0v) is 32.3. The van der Waals surface area contributed by atoms with Crippen molar-refractivity contribution in [1.82, 2.24) is 19.9 Å². The minimum absolute atomic E-state index is 0.194. The van der Waals surface area contributed by atoms with Gasteiger partial charge < -0.3 is 24.7 Å². The fourth-order valence-corrected chi connectivity index (χ4v) is 5.30. The van der Waals surface area contributed by atoms with E-state index in [9.17, 15) is 14.7 Å². The van der Waals surface area contributed by atoms with Gasteiger partial charge in [0.25, 0.3) is 0 Å². The van der Waals surface area contributed by atoms with Gasteiger partial charge in [0.1, 0.15) is 11.4 Å². The van der Waals surface area contributed by atoms with Crippen molar-refractivity contribution in [3.8, 4) is 22.5 Å². The van der Waals surface area contributed by atoms with Crippen LogP contribution in [0.25, 0.3) is 44.6 Å². The molecule has 0 radical (unpaired) electrons. The molecule has 0 unspecified atom stereocenters. The average Bonchev–Trinajstić information content (AvgIpc) is 3.17.